The molecule has 92 valence electrons. The molecule has 1 aliphatic rings. The molecule has 0 saturated heterocycles. The lowest BCUT2D eigenvalue weighted by Gasteiger charge is -2.05. The second kappa shape index (κ2) is 4.49. The molecule has 0 heterocycles. The summed E-state index contributed by atoms with van der Waals surface area (Å²) in [4.78, 5) is 11.7. The molecule has 0 unspecified atom stereocenters. The van der Waals surface area contributed by atoms with E-state index in [2.05, 4.69) is 13.8 Å². The summed E-state index contributed by atoms with van der Waals surface area (Å²) < 4.78 is 5.33. The van der Waals surface area contributed by atoms with Gasteiger partial charge in [0.25, 0.3) is 0 Å². The van der Waals surface area contributed by atoms with Crippen LogP contribution in [-0.2, 0) is 4.74 Å². The average Bonchev–Trinajstić information content (AvgIpc) is 2.88. The van der Waals surface area contributed by atoms with Crippen molar-refractivity contribution in [2.45, 2.75) is 13.8 Å². The van der Waals surface area contributed by atoms with Gasteiger partial charge in [0.1, 0.15) is 0 Å². The minimum Gasteiger partial charge on any atom is -0.462 e. The van der Waals surface area contributed by atoms with Crippen LogP contribution in [0.3, 0.4) is 0 Å². The molecule has 0 spiro atoms. The highest BCUT2D eigenvalue weighted by molar-refractivity contribution is 5.89. The minimum atomic E-state index is -0.246. The minimum absolute atomic E-state index is 0.214. The Hall–Kier alpha value is -1.35. The zero-order chi connectivity index (χ0) is 12.5. The molecule has 0 bridgehead atoms. The highest BCUT2D eigenvalue weighted by Crippen LogP contribution is 2.57. The van der Waals surface area contributed by atoms with E-state index in [1.165, 1.54) is 0 Å². The van der Waals surface area contributed by atoms with Gasteiger partial charge < -0.3 is 10.5 Å². The Bertz CT molecular complexity index is 400. The van der Waals surface area contributed by atoms with Gasteiger partial charge in [-0.1, -0.05) is 32.0 Å². The molecule has 3 nitrogen and oxygen atoms in total. The second-order valence-electron chi connectivity index (χ2n) is 5.23. The van der Waals surface area contributed by atoms with Crippen molar-refractivity contribution in [1.29, 1.82) is 0 Å². The third-order valence-corrected chi connectivity index (χ3v) is 3.95. The number of rotatable bonds is 4. The third-order valence-electron chi connectivity index (χ3n) is 3.95. The van der Waals surface area contributed by atoms with E-state index in [4.69, 9.17) is 10.5 Å². The lowest BCUT2D eigenvalue weighted by Crippen LogP contribution is -2.10. The van der Waals surface area contributed by atoms with E-state index in [0.29, 0.717) is 30.6 Å². The Morgan fingerprint density at radius 1 is 1.29 bits per heavy atom. The van der Waals surface area contributed by atoms with Crippen molar-refractivity contribution >= 4 is 5.97 Å². The van der Waals surface area contributed by atoms with E-state index in [1.54, 1.807) is 12.1 Å². The molecule has 0 aromatic heterocycles. The number of esters is 1. The fraction of sp³-hybridized carbons (Fsp3) is 0.500. The topological polar surface area (TPSA) is 52.3 Å². The number of carbonyl (C=O) groups is 1. The third kappa shape index (κ3) is 2.34. The summed E-state index contributed by atoms with van der Waals surface area (Å²) in [5.41, 5.74) is 6.50. The van der Waals surface area contributed by atoms with Crippen molar-refractivity contribution in [2.75, 3.05) is 13.2 Å². The van der Waals surface area contributed by atoms with E-state index in [9.17, 15) is 4.79 Å². The van der Waals surface area contributed by atoms with Gasteiger partial charge in [-0.25, -0.2) is 4.79 Å². The molecular formula is C14H19NO2. The van der Waals surface area contributed by atoms with Gasteiger partial charge in [0.15, 0.2) is 0 Å². The first-order valence-electron chi connectivity index (χ1n) is 5.99. The van der Waals surface area contributed by atoms with Crippen LogP contribution in [0.15, 0.2) is 30.3 Å². The number of hydrogen-bond acceptors (Lipinski definition) is 3. The fourth-order valence-corrected chi connectivity index (χ4v) is 2.48. The van der Waals surface area contributed by atoms with Gasteiger partial charge in [-0.05, 0) is 30.0 Å². The largest absolute Gasteiger partial charge is 0.462 e. The molecule has 0 radical (unpaired) electrons. The lowest BCUT2D eigenvalue weighted by atomic mass is 10.1. The van der Waals surface area contributed by atoms with Gasteiger partial charge in [-0.3, -0.25) is 0 Å². The molecule has 2 rings (SSSR count). The maximum Gasteiger partial charge on any atom is 0.338 e. The highest BCUT2D eigenvalue weighted by atomic mass is 16.5. The molecule has 0 aliphatic heterocycles. The number of ether oxygens (including phenoxy) is 1. The van der Waals surface area contributed by atoms with Gasteiger partial charge in [-0.15, -0.1) is 0 Å². The first-order chi connectivity index (χ1) is 8.07. The summed E-state index contributed by atoms with van der Waals surface area (Å²) >= 11 is 0. The van der Waals surface area contributed by atoms with Crippen LogP contribution < -0.4 is 5.73 Å². The Morgan fingerprint density at radius 2 is 1.94 bits per heavy atom. The molecule has 1 fully saturated rings. The Kier molecular flexibility index (Phi) is 3.20. The van der Waals surface area contributed by atoms with Crippen LogP contribution >= 0.6 is 0 Å². The van der Waals surface area contributed by atoms with E-state index >= 15 is 0 Å². The number of hydrogen-bond donors (Lipinski definition) is 1. The van der Waals surface area contributed by atoms with Crippen molar-refractivity contribution < 1.29 is 9.53 Å². The molecule has 1 aromatic carbocycles. The SMILES string of the molecule is CC1(C)[C@H](COC(=O)c2ccccc2)[C@@H]1CN. The van der Waals surface area contributed by atoms with Crippen LogP contribution in [0.2, 0.25) is 0 Å². The summed E-state index contributed by atoms with van der Waals surface area (Å²) in [6.45, 7) is 5.49. The summed E-state index contributed by atoms with van der Waals surface area (Å²) in [5, 5.41) is 0. The van der Waals surface area contributed by atoms with Crippen LogP contribution in [0.5, 0.6) is 0 Å². The zero-order valence-electron chi connectivity index (χ0n) is 10.3. The van der Waals surface area contributed by atoms with Crippen LogP contribution in [0, 0.1) is 17.3 Å². The van der Waals surface area contributed by atoms with Crippen LogP contribution in [0.4, 0.5) is 0 Å². The van der Waals surface area contributed by atoms with Crippen LogP contribution in [-0.4, -0.2) is 19.1 Å². The molecule has 1 aliphatic carbocycles. The van der Waals surface area contributed by atoms with Gasteiger partial charge in [0.05, 0.1) is 12.2 Å². The van der Waals surface area contributed by atoms with Crippen molar-refractivity contribution in [3.05, 3.63) is 35.9 Å². The van der Waals surface area contributed by atoms with E-state index in [-0.39, 0.29) is 11.4 Å². The van der Waals surface area contributed by atoms with Gasteiger partial charge in [-0.2, -0.15) is 0 Å². The predicted molar refractivity (Wildman–Crippen MR) is 66.5 cm³/mol. The quantitative estimate of drug-likeness (QED) is 0.810. The summed E-state index contributed by atoms with van der Waals surface area (Å²) in [5.74, 6) is 0.635. The fourth-order valence-electron chi connectivity index (χ4n) is 2.48. The van der Waals surface area contributed by atoms with Crippen molar-refractivity contribution in [3.63, 3.8) is 0 Å². The Morgan fingerprint density at radius 3 is 2.47 bits per heavy atom. The normalized spacial score (nSPS) is 25.4. The van der Waals surface area contributed by atoms with Gasteiger partial charge in [0, 0.05) is 5.92 Å². The summed E-state index contributed by atoms with van der Waals surface area (Å²) in [6, 6.07) is 9.08. The van der Waals surface area contributed by atoms with Crippen molar-refractivity contribution in [3.8, 4) is 0 Å². The number of carbonyl (C=O) groups excluding carboxylic acids is 1. The maximum atomic E-state index is 11.7. The zero-order valence-corrected chi connectivity index (χ0v) is 10.3. The number of nitrogens with two attached hydrogens (primary N) is 1. The second-order valence-corrected chi connectivity index (χ2v) is 5.23. The summed E-state index contributed by atoms with van der Waals surface area (Å²) in [6.07, 6.45) is 0. The van der Waals surface area contributed by atoms with Gasteiger partial charge >= 0.3 is 5.97 Å². The van der Waals surface area contributed by atoms with E-state index in [0.717, 1.165) is 0 Å². The lowest BCUT2D eigenvalue weighted by molar-refractivity contribution is 0.0470. The standard InChI is InChI=1S/C14H19NO2/c1-14(2)11(8-15)12(14)9-17-13(16)10-6-4-3-5-7-10/h3-7,11-12H,8-9,15H2,1-2H3/t11-,12+/m0/s1. The molecule has 2 N–H and O–H groups in total. The van der Waals surface area contributed by atoms with Gasteiger partial charge in [0.2, 0.25) is 0 Å². The molecule has 3 heteroatoms. The Labute approximate surface area is 102 Å². The average molecular weight is 233 g/mol. The van der Waals surface area contributed by atoms with E-state index in [1.807, 2.05) is 18.2 Å². The molecule has 0 amide bonds. The molecule has 1 aromatic rings. The Balaban J connectivity index is 1.86. The number of benzene rings is 1. The predicted octanol–water partition coefficient (Wildman–Crippen LogP) is 2.07. The monoisotopic (exact) mass is 233 g/mol. The van der Waals surface area contributed by atoms with E-state index < -0.39 is 0 Å². The highest BCUT2D eigenvalue weighted by Gasteiger charge is 2.57. The first kappa shape index (κ1) is 12.1. The van der Waals surface area contributed by atoms with Crippen LogP contribution in [0.1, 0.15) is 24.2 Å². The summed E-state index contributed by atoms with van der Waals surface area (Å²) in [7, 11) is 0. The smallest absolute Gasteiger partial charge is 0.338 e. The first-order valence-corrected chi connectivity index (χ1v) is 5.99. The molecule has 17 heavy (non-hydrogen) atoms. The molecule has 1 saturated carbocycles. The van der Waals surface area contributed by atoms with Crippen molar-refractivity contribution in [1.82, 2.24) is 0 Å². The molecular weight excluding hydrogens is 214 g/mol. The van der Waals surface area contributed by atoms with Crippen molar-refractivity contribution in [2.24, 2.45) is 23.0 Å². The maximum absolute atomic E-state index is 11.7. The van der Waals surface area contributed by atoms with Crippen LogP contribution in [0.25, 0.3) is 0 Å². The molecule has 2 atom stereocenters.